The summed E-state index contributed by atoms with van der Waals surface area (Å²) >= 11 is 2.35. The first-order chi connectivity index (χ1) is 8.77. The highest BCUT2D eigenvalue weighted by atomic mass is 127. The molecule has 0 saturated carbocycles. The van der Waals surface area contributed by atoms with E-state index in [4.69, 9.17) is 5.73 Å². The summed E-state index contributed by atoms with van der Waals surface area (Å²) in [5, 5.41) is 0. The van der Waals surface area contributed by atoms with Gasteiger partial charge in [-0.15, -0.1) is 0 Å². The van der Waals surface area contributed by atoms with Crippen molar-refractivity contribution in [2.45, 2.75) is 4.05 Å². The third kappa shape index (κ3) is 1.82. The van der Waals surface area contributed by atoms with Crippen molar-refractivity contribution in [3.8, 4) is 0 Å². The van der Waals surface area contributed by atoms with Crippen LogP contribution in [0.15, 0.2) is 43.0 Å². The number of rotatable bonds is 2. The van der Waals surface area contributed by atoms with Crippen LogP contribution in [0.3, 0.4) is 0 Å². The summed E-state index contributed by atoms with van der Waals surface area (Å²) in [5.41, 5.74) is 8.37. The average molecular weight is 351 g/mol. The summed E-state index contributed by atoms with van der Waals surface area (Å²) in [7, 11) is 0. The van der Waals surface area contributed by atoms with Crippen molar-refractivity contribution in [3.63, 3.8) is 0 Å². The SMILES string of the molecule is Nc1ncnc2c1ncn2C(I)c1ccccc1. The van der Waals surface area contributed by atoms with Crippen LogP contribution < -0.4 is 5.73 Å². The molecule has 5 nitrogen and oxygen atoms in total. The maximum absolute atomic E-state index is 5.78. The number of alkyl halides is 1. The predicted molar refractivity (Wildman–Crippen MR) is 78.3 cm³/mol. The Hall–Kier alpha value is -1.70. The van der Waals surface area contributed by atoms with Gasteiger partial charge in [0.1, 0.15) is 15.9 Å². The van der Waals surface area contributed by atoms with Crippen LogP contribution in [0.25, 0.3) is 11.2 Å². The molecule has 1 unspecified atom stereocenters. The van der Waals surface area contributed by atoms with Gasteiger partial charge in [0.25, 0.3) is 0 Å². The summed E-state index contributed by atoms with van der Waals surface area (Å²) in [4.78, 5) is 12.5. The molecule has 2 N–H and O–H groups in total. The van der Waals surface area contributed by atoms with Crippen molar-refractivity contribution in [3.05, 3.63) is 48.5 Å². The van der Waals surface area contributed by atoms with Crippen LogP contribution in [0.4, 0.5) is 5.82 Å². The number of nitrogen functional groups attached to an aromatic ring is 1. The normalized spacial score (nSPS) is 12.7. The van der Waals surface area contributed by atoms with Crippen molar-refractivity contribution in [2.24, 2.45) is 0 Å². The van der Waals surface area contributed by atoms with Crippen LogP contribution in [0, 0.1) is 0 Å². The zero-order valence-corrected chi connectivity index (χ0v) is 11.5. The summed E-state index contributed by atoms with van der Waals surface area (Å²) < 4.78 is 2.12. The van der Waals surface area contributed by atoms with E-state index in [1.807, 2.05) is 22.8 Å². The molecular weight excluding hydrogens is 341 g/mol. The second-order valence-electron chi connectivity index (χ2n) is 3.83. The second-order valence-corrected chi connectivity index (χ2v) is 5.01. The lowest BCUT2D eigenvalue weighted by molar-refractivity contribution is 0.819. The molecule has 2 heterocycles. The molecule has 90 valence electrons. The fourth-order valence-electron chi connectivity index (χ4n) is 1.81. The van der Waals surface area contributed by atoms with E-state index in [1.54, 1.807) is 6.33 Å². The molecule has 0 aliphatic rings. The van der Waals surface area contributed by atoms with Crippen LogP contribution in [-0.4, -0.2) is 19.5 Å². The van der Waals surface area contributed by atoms with E-state index in [-0.39, 0.29) is 4.05 Å². The van der Waals surface area contributed by atoms with E-state index in [0.717, 1.165) is 5.65 Å². The molecule has 0 spiro atoms. The minimum absolute atomic E-state index is 0.128. The van der Waals surface area contributed by atoms with Crippen LogP contribution in [0.1, 0.15) is 9.61 Å². The van der Waals surface area contributed by atoms with E-state index in [2.05, 4.69) is 49.7 Å². The number of benzene rings is 1. The molecule has 1 aromatic carbocycles. The first-order valence-electron chi connectivity index (χ1n) is 5.39. The van der Waals surface area contributed by atoms with Crippen LogP contribution in [0.5, 0.6) is 0 Å². The lowest BCUT2D eigenvalue weighted by atomic mass is 10.2. The lowest BCUT2D eigenvalue weighted by Crippen LogP contribution is -2.03. The summed E-state index contributed by atoms with van der Waals surface area (Å²) in [5.74, 6) is 0.412. The van der Waals surface area contributed by atoms with Gasteiger partial charge in [-0.3, -0.25) is 4.57 Å². The molecule has 0 aliphatic carbocycles. The number of halogens is 1. The first-order valence-corrected chi connectivity index (χ1v) is 6.64. The van der Waals surface area contributed by atoms with E-state index >= 15 is 0 Å². The molecule has 3 rings (SSSR count). The van der Waals surface area contributed by atoms with Crippen molar-refractivity contribution < 1.29 is 0 Å². The third-order valence-corrected chi connectivity index (χ3v) is 4.03. The average Bonchev–Trinajstić information content (AvgIpc) is 2.84. The number of anilines is 1. The molecule has 6 heteroatoms. The van der Waals surface area contributed by atoms with Gasteiger partial charge in [-0.2, -0.15) is 0 Å². The van der Waals surface area contributed by atoms with Crippen molar-refractivity contribution in [1.29, 1.82) is 0 Å². The largest absolute Gasteiger partial charge is 0.382 e. The number of hydrogen-bond donors (Lipinski definition) is 1. The molecule has 0 amide bonds. The van der Waals surface area contributed by atoms with E-state index in [1.165, 1.54) is 11.9 Å². The standard InChI is InChI=1S/C12H10IN5/c13-10(8-4-2-1-3-5-8)18-7-17-9-11(14)15-6-16-12(9)18/h1-7,10H,(H2,14,15,16). The van der Waals surface area contributed by atoms with Crippen LogP contribution >= 0.6 is 22.6 Å². The zero-order chi connectivity index (χ0) is 12.5. The quantitative estimate of drug-likeness (QED) is 0.569. The summed E-state index contributed by atoms with van der Waals surface area (Å²) in [6.45, 7) is 0. The molecular formula is C12H10IN5. The highest BCUT2D eigenvalue weighted by Gasteiger charge is 2.14. The van der Waals surface area contributed by atoms with Crippen LogP contribution in [-0.2, 0) is 0 Å². The minimum atomic E-state index is 0.128. The Morgan fingerprint density at radius 3 is 2.67 bits per heavy atom. The Morgan fingerprint density at radius 1 is 1.11 bits per heavy atom. The molecule has 0 fully saturated rings. The maximum atomic E-state index is 5.78. The topological polar surface area (TPSA) is 69.6 Å². The Morgan fingerprint density at radius 2 is 1.89 bits per heavy atom. The molecule has 0 bridgehead atoms. The van der Waals surface area contributed by atoms with Crippen molar-refractivity contribution in [2.75, 3.05) is 5.73 Å². The van der Waals surface area contributed by atoms with E-state index in [9.17, 15) is 0 Å². The summed E-state index contributed by atoms with van der Waals surface area (Å²) in [6, 6.07) is 10.2. The van der Waals surface area contributed by atoms with Gasteiger partial charge in [-0.05, 0) is 5.56 Å². The van der Waals surface area contributed by atoms with Gasteiger partial charge in [0.05, 0.1) is 6.33 Å². The number of fused-ring (bicyclic) bond motifs is 1. The Bertz CT molecular complexity index is 679. The molecule has 0 saturated heterocycles. The fourth-order valence-corrected chi connectivity index (χ4v) is 2.63. The second kappa shape index (κ2) is 4.52. The number of nitrogens with two attached hydrogens (primary N) is 1. The van der Waals surface area contributed by atoms with Gasteiger partial charge >= 0.3 is 0 Å². The third-order valence-electron chi connectivity index (χ3n) is 2.71. The van der Waals surface area contributed by atoms with Gasteiger partial charge in [-0.1, -0.05) is 52.9 Å². The van der Waals surface area contributed by atoms with Gasteiger partial charge < -0.3 is 5.73 Å². The molecule has 18 heavy (non-hydrogen) atoms. The van der Waals surface area contributed by atoms with Gasteiger partial charge in [0, 0.05) is 0 Å². The minimum Gasteiger partial charge on any atom is -0.382 e. The highest BCUT2D eigenvalue weighted by molar-refractivity contribution is 14.1. The molecule has 0 aliphatic heterocycles. The number of hydrogen-bond acceptors (Lipinski definition) is 4. The molecule has 2 aromatic heterocycles. The van der Waals surface area contributed by atoms with Crippen LogP contribution in [0.2, 0.25) is 0 Å². The van der Waals surface area contributed by atoms with Crippen molar-refractivity contribution in [1.82, 2.24) is 19.5 Å². The van der Waals surface area contributed by atoms with Gasteiger partial charge in [-0.25, -0.2) is 15.0 Å². The smallest absolute Gasteiger partial charge is 0.166 e. The maximum Gasteiger partial charge on any atom is 0.166 e. The molecule has 1 atom stereocenters. The Labute approximate surface area is 117 Å². The fraction of sp³-hybridized carbons (Fsp3) is 0.0833. The van der Waals surface area contributed by atoms with Gasteiger partial charge in [0.2, 0.25) is 0 Å². The zero-order valence-electron chi connectivity index (χ0n) is 9.36. The highest BCUT2D eigenvalue weighted by Crippen LogP contribution is 2.28. The Kier molecular flexibility index (Phi) is 2.86. The summed E-state index contributed by atoms with van der Waals surface area (Å²) in [6.07, 6.45) is 3.21. The van der Waals surface area contributed by atoms with Gasteiger partial charge in [0.15, 0.2) is 11.5 Å². The lowest BCUT2D eigenvalue weighted by Gasteiger charge is -2.12. The monoisotopic (exact) mass is 351 g/mol. The predicted octanol–water partition coefficient (Wildman–Crippen LogP) is 2.39. The van der Waals surface area contributed by atoms with Crippen molar-refractivity contribution >= 4 is 39.6 Å². The molecule has 3 aromatic rings. The van der Waals surface area contributed by atoms with E-state index < -0.39 is 0 Å². The number of nitrogens with zero attached hydrogens (tertiary/aromatic N) is 4. The number of imidazole rings is 1. The molecule has 0 radical (unpaired) electrons. The Balaban J connectivity index is 2.13. The van der Waals surface area contributed by atoms with E-state index in [0.29, 0.717) is 11.3 Å². The number of aromatic nitrogens is 4. The first kappa shape index (κ1) is 11.4.